The molecule has 0 spiro atoms. The van der Waals surface area contributed by atoms with Gasteiger partial charge in [0, 0.05) is 19.2 Å². The Morgan fingerprint density at radius 3 is 2.26 bits per heavy atom. The van der Waals surface area contributed by atoms with Gasteiger partial charge in [-0.2, -0.15) is 0 Å². The molecular weight excluding hydrogens is 384 g/mol. The van der Waals surface area contributed by atoms with E-state index in [9.17, 15) is 9.59 Å². The van der Waals surface area contributed by atoms with Crippen LogP contribution in [0, 0.1) is 5.92 Å². The van der Waals surface area contributed by atoms with Crippen molar-refractivity contribution in [3.8, 4) is 11.1 Å². The van der Waals surface area contributed by atoms with E-state index in [1.54, 1.807) is 18.9 Å². The lowest BCUT2D eigenvalue weighted by Crippen LogP contribution is -2.32. The molecule has 31 heavy (non-hydrogen) atoms. The topological polar surface area (TPSA) is 63.4 Å². The Labute approximate surface area is 187 Å². The maximum absolute atomic E-state index is 11.5. The van der Waals surface area contributed by atoms with Gasteiger partial charge in [-0.3, -0.25) is 9.59 Å². The van der Waals surface area contributed by atoms with Gasteiger partial charge in [-0.25, -0.2) is 0 Å². The number of carbonyl (C=O) groups excluding carboxylic acids is 2. The number of benzene rings is 2. The van der Waals surface area contributed by atoms with Crippen molar-refractivity contribution in [2.45, 2.75) is 65.3 Å². The number of carbonyl (C=O) groups is 2. The van der Waals surface area contributed by atoms with Crippen molar-refractivity contribution in [2.24, 2.45) is 11.7 Å². The molecule has 0 aromatic heterocycles. The van der Waals surface area contributed by atoms with E-state index in [4.69, 9.17) is 5.73 Å². The predicted molar refractivity (Wildman–Crippen MR) is 129 cm³/mol. The Hall–Kier alpha value is -2.46. The lowest BCUT2D eigenvalue weighted by Gasteiger charge is -2.20. The summed E-state index contributed by atoms with van der Waals surface area (Å²) >= 11 is 0. The summed E-state index contributed by atoms with van der Waals surface area (Å²) in [6.45, 7) is 4.40. The fraction of sp³-hybridized carbons (Fsp3) is 0.481. The Morgan fingerprint density at radius 1 is 1.00 bits per heavy atom. The number of rotatable bonds is 7. The smallest absolute Gasteiger partial charge is 0.236 e. The van der Waals surface area contributed by atoms with Crippen molar-refractivity contribution in [1.82, 2.24) is 4.90 Å². The van der Waals surface area contributed by atoms with E-state index in [0.717, 1.165) is 22.6 Å². The second-order valence-electron chi connectivity index (χ2n) is 8.58. The van der Waals surface area contributed by atoms with Crippen molar-refractivity contribution >= 4 is 11.7 Å². The minimum atomic E-state index is -0.0868. The molecule has 0 saturated heterocycles. The maximum atomic E-state index is 11.5. The van der Waals surface area contributed by atoms with Gasteiger partial charge in [-0.05, 0) is 35.6 Å². The van der Waals surface area contributed by atoms with Crippen molar-refractivity contribution in [3.05, 3.63) is 59.7 Å². The normalized spacial score (nSPS) is 13.8. The summed E-state index contributed by atoms with van der Waals surface area (Å²) in [7, 11) is 1.74. The van der Waals surface area contributed by atoms with Crippen LogP contribution in [-0.2, 0) is 11.3 Å². The molecule has 0 atom stereocenters. The van der Waals surface area contributed by atoms with Crippen LogP contribution in [0.4, 0.5) is 0 Å². The number of ketones is 1. The summed E-state index contributed by atoms with van der Waals surface area (Å²) in [6, 6.07) is 15.5. The zero-order chi connectivity index (χ0) is 22.6. The van der Waals surface area contributed by atoms with Crippen LogP contribution < -0.4 is 5.73 Å². The van der Waals surface area contributed by atoms with Crippen molar-refractivity contribution in [1.29, 1.82) is 0 Å². The SMILES string of the molecule is CC(=O)c1ccc(-c2cccc(CN(C)C(=O)CN)c2)cc1.CCCC1CCCCC1. The van der Waals surface area contributed by atoms with Crippen LogP contribution in [0.25, 0.3) is 11.1 Å². The lowest BCUT2D eigenvalue weighted by molar-refractivity contribution is -0.128. The van der Waals surface area contributed by atoms with Crippen LogP contribution in [0.5, 0.6) is 0 Å². The van der Waals surface area contributed by atoms with Crippen LogP contribution in [0.1, 0.15) is 74.7 Å². The Kier molecular flexibility index (Phi) is 10.5. The van der Waals surface area contributed by atoms with Crippen molar-refractivity contribution < 1.29 is 9.59 Å². The van der Waals surface area contributed by atoms with E-state index in [1.807, 2.05) is 48.5 Å². The molecule has 1 fully saturated rings. The average molecular weight is 423 g/mol. The number of hydrogen-bond acceptors (Lipinski definition) is 3. The van der Waals surface area contributed by atoms with E-state index in [1.165, 1.54) is 44.9 Å². The summed E-state index contributed by atoms with van der Waals surface area (Å²) in [5, 5.41) is 0. The molecule has 0 radical (unpaired) electrons. The molecule has 1 saturated carbocycles. The van der Waals surface area contributed by atoms with Crippen molar-refractivity contribution in [2.75, 3.05) is 13.6 Å². The molecule has 2 aromatic rings. The monoisotopic (exact) mass is 422 g/mol. The van der Waals surface area contributed by atoms with E-state index in [2.05, 4.69) is 6.92 Å². The third kappa shape index (κ3) is 8.29. The van der Waals surface area contributed by atoms with Gasteiger partial charge in [0.25, 0.3) is 0 Å². The summed E-state index contributed by atoms with van der Waals surface area (Å²) in [6.07, 6.45) is 10.4. The lowest BCUT2D eigenvalue weighted by atomic mass is 9.86. The molecule has 2 N–H and O–H groups in total. The van der Waals surface area contributed by atoms with Crippen LogP contribution in [0.3, 0.4) is 0 Å². The number of hydrogen-bond donors (Lipinski definition) is 1. The first-order chi connectivity index (χ1) is 14.9. The Morgan fingerprint density at radius 2 is 1.68 bits per heavy atom. The first kappa shape index (κ1) is 24.8. The second kappa shape index (κ2) is 13.1. The zero-order valence-corrected chi connectivity index (χ0v) is 19.4. The molecule has 2 aromatic carbocycles. The van der Waals surface area contributed by atoms with Crippen molar-refractivity contribution in [3.63, 3.8) is 0 Å². The molecule has 4 heteroatoms. The second-order valence-corrected chi connectivity index (χ2v) is 8.58. The Balaban J connectivity index is 0.000000316. The third-order valence-corrected chi connectivity index (χ3v) is 5.99. The summed E-state index contributed by atoms with van der Waals surface area (Å²) < 4.78 is 0. The van der Waals surface area contributed by atoms with Gasteiger partial charge in [0.05, 0.1) is 6.54 Å². The standard InChI is InChI=1S/C18H20N2O2.C9H18/c1-13(21)15-6-8-16(9-7-15)17-5-3-4-14(10-17)12-20(2)18(22)11-19;1-2-6-9-7-4-3-5-8-9/h3-10H,11-12,19H2,1-2H3;9H,2-8H2,1H3. The van der Waals surface area contributed by atoms with Gasteiger partial charge < -0.3 is 10.6 Å². The van der Waals surface area contributed by atoms with Crippen LogP contribution in [-0.4, -0.2) is 30.2 Å². The summed E-state index contributed by atoms with van der Waals surface area (Å²) in [4.78, 5) is 24.5. The Bertz CT molecular complexity index is 821. The summed E-state index contributed by atoms with van der Waals surface area (Å²) in [5.74, 6) is 1.07. The fourth-order valence-corrected chi connectivity index (χ4v) is 4.15. The molecule has 1 aliphatic rings. The molecule has 1 amide bonds. The number of likely N-dealkylation sites (N-methyl/N-ethyl adjacent to an activating group) is 1. The minimum Gasteiger partial charge on any atom is -0.340 e. The average Bonchev–Trinajstić information content (AvgIpc) is 2.80. The highest BCUT2D eigenvalue weighted by atomic mass is 16.2. The molecule has 4 nitrogen and oxygen atoms in total. The summed E-state index contributed by atoms with van der Waals surface area (Å²) in [5.41, 5.74) is 9.21. The van der Waals surface area contributed by atoms with Gasteiger partial charge in [0.1, 0.15) is 0 Å². The van der Waals surface area contributed by atoms with Gasteiger partial charge in [0.15, 0.2) is 5.78 Å². The minimum absolute atomic E-state index is 0.0166. The maximum Gasteiger partial charge on any atom is 0.236 e. The van der Waals surface area contributed by atoms with E-state index >= 15 is 0 Å². The highest BCUT2D eigenvalue weighted by molar-refractivity contribution is 5.94. The third-order valence-electron chi connectivity index (χ3n) is 5.99. The van der Waals surface area contributed by atoms with Crippen LogP contribution in [0.2, 0.25) is 0 Å². The molecule has 0 unspecified atom stereocenters. The molecule has 0 heterocycles. The zero-order valence-electron chi connectivity index (χ0n) is 19.4. The first-order valence-electron chi connectivity index (χ1n) is 11.6. The number of nitrogens with zero attached hydrogens (tertiary/aromatic N) is 1. The predicted octanol–water partition coefficient (Wildman–Crippen LogP) is 5.84. The van der Waals surface area contributed by atoms with Gasteiger partial charge in [-0.1, -0.05) is 94.3 Å². The number of Topliss-reactive ketones (excluding diaryl/α,β-unsaturated/α-hetero) is 1. The van der Waals surface area contributed by atoms with Crippen LogP contribution >= 0.6 is 0 Å². The fourth-order valence-electron chi connectivity index (χ4n) is 4.15. The number of amides is 1. The highest BCUT2D eigenvalue weighted by Crippen LogP contribution is 2.26. The number of nitrogens with two attached hydrogens (primary N) is 1. The van der Waals surface area contributed by atoms with Gasteiger partial charge in [0.2, 0.25) is 5.91 Å². The molecule has 0 aliphatic heterocycles. The van der Waals surface area contributed by atoms with E-state index in [-0.39, 0.29) is 18.2 Å². The first-order valence-corrected chi connectivity index (χ1v) is 11.6. The largest absolute Gasteiger partial charge is 0.340 e. The molecule has 0 bridgehead atoms. The van der Waals surface area contributed by atoms with E-state index in [0.29, 0.717) is 12.1 Å². The van der Waals surface area contributed by atoms with Crippen LogP contribution in [0.15, 0.2) is 48.5 Å². The molecule has 1 aliphatic carbocycles. The van der Waals surface area contributed by atoms with E-state index < -0.39 is 0 Å². The quantitative estimate of drug-likeness (QED) is 0.570. The van der Waals surface area contributed by atoms with Gasteiger partial charge in [-0.15, -0.1) is 0 Å². The molecule has 3 rings (SSSR count). The molecule has 168 valence electrons. The van der Waals surface area contributed by atoms with Gasteiger partial charge >= 0.3 is 0 Å². The highest BCUT2D eigenvalue weighted by Gasteiger charge is 2.11. The molecular formula is C27H38N2O2.